The highest BCUT2D eigenvalue weighted by atomic mass is 79.9. The molecule has 4 heteroatoms. The van der Waals surface area contributed by atoms with E-state index in [1.165, 1.54) is 292 Å². The molecular formula is C50H98Br2N2. The van der Waals surface area contributed by atoms with Crippen molar-refractivity contribution in [2.75, 3.05) is 52.4 Å². The zero-order valence-corrected chi connectivity index (χ0v) is 40.3. The second-order valence-corrected chi connectivity index (χ2v) is 18.4. The molecule has 322 valence electrons. The van der Waals surface area contributed by atoms with E-state index in [4.69, 9.17) is 0 Å². The number of halogens is 2. The van der Waals surface area contributed by atoms with Crippen molar-refractivity contribution in [1.29, 1.82) is 0 Å². The first-order chi connectivity index (χ1) is 25.7. The van der Waals surface area contributed by atoms with E-state index in [2.05, 4.69) is 25.7 Å². The van der Waals surface area contributed by atoms with Crippen molar-refractivity contribution in [3.63, 3.8) is 0 Å². The van der Waals surface area contributed by atoms with Gasteiger partial charge in [-0.25, -0.2) is 0 Å². The van der Waals surface area contributed by atoms with Crippen molar-refractivity contribution >= 4 is 0 Å². The van der Waals surface area contributed by atoms with Crippen molar-refractivity contribution in [2.45, 2.75) is 258 Å². The summed E-state index contributed by atoms with van der Waals surface area (Å²) in [6.45, 7) is 15.3. The lowest BCUT2D eigenvalue weighted by Crippen LogP contribution is -3.00. The third-order valence-electron chi connectivity index (χ3n) is 13.5. The summed E-state index contributed by atoms with van der Waals surface area (Å²) in [7, 11) is 0. The zero-order valence-electron chi connectivity index (χ0n) is 37.2. The minimum atomic E-state index is 0. The van der Waals surface area contributed by atoms with Crippen LogP contribution < -0.4 is 34.0 Å². The van der Waals surface area contributed by atoms with Crippen LogP contribution in [0, 0.1) is 11.8 Å². The van der Waals surface area contributed by atoms with Crippen molar-refractivity contribution in [1.82, 2.24) is 0 Å². The highest BCUT2D eigenvalue weighted by Crippen LogP contribution is 2.23. The van der Waals surface area contributed by atoms with Gasteiger partial charge < -0.3 is 42.9 Å². The molecule has 0 aromatic rings. The van der Waals surface area contributed by atoms with Gasteiger partial charge in [-0.2, -0.15) is 0 Å². The fourth-order valence-electron chi connectivity index (χ4n) is 9.73. The highest BCUT2D eigenvalue weighted by molar-refractivity contribution is 5.00. The molecule has 2 saturated heterocycles. The number of hydrogen-bond acceptors (Lipinski definition) is 0. The second-order valence-electron chi connectivity index (χ2n) is 18.4. The third kappa shape index (κ3) is 30.5. The van der Waals surface area contributed by atoms with Crippen molar-refractivity contribution in [2.24, 2.45) is 0 Å². The first-order valence-corrected chi connectivity index (χ1v) is 24.9. The van der Waals surface area contributed by atoms with Gasteiger partial charge in [0, 0.05) is 0 Å². The Labute approximate surface area is 363 Å². The van der Waals surface area contributed by atoms with Gasteiger partial charge in [-0.3, -0.25) is 0 Å². The Hall–Kier alpha value is 0.440. The van der Waals surface area contributed by atoms with Gasteiger partial charge in [0.2, 0.25) is 0 Å². The van der Waals surface area contributed by atoms with Crippen LogP contribution in [0.2, 0.25) is 0 Å². The van der Waals surface area contributed by atoms with Gasteiger partial charge in [-0.05, 0) is 76.0 Å². The molecule has 2 aliphatic rings. The average Bonchev–Trinajstić information content (AvgIpc) is 3.17. The lowest BCUT2D eigenvalue weighted by Gasteiger charge is -2.41. The number of nitrogens with zero attached hydrogens (tertiary/aromatic N) is 2. The van der Waals surface area contributed by atoms with Crippen LogP contribution in [0.25, 0.3) is 0 Å². The van der Waals surface area contributed by atoms with E-state index in [0.29, 0.717) is 0 Å². The van der Waals surface area contributed by atoms with Crippen molar-refractivity contribution < 1.29 is 42.9 Å². The van der Waals surface area contributed by atoms with Crippen LogP contribution in [0.1, 0.15) is 258 Å². The van der Waals surface area contributed by atoms with Crippen molar-refractivity contribution in [3.8, 4) is 11.8 Å². The van der Waals surface area contributed by atoms with Gasteiger partial charge in [0.05, 0.1) is 39.3 Å². The van der Waals surface area contributed by atoms with E-state index in [1.54, 1.807) is 0 Å². The first kappa shape index (κ1) is 54.4. The molecule has 0 atom stereocenters. The summed E-state index contributed by atoms with van der Waals surface area (Å²) in [6.07, 6.45) is 55.4. The maximum Gasteiger partial charge on any atom is 0.141 e. The minimum absolute atomic E-state index is 0. The van der Waals surface area contributed by atoms with Crippen LogP contribution in [-0.2, 0) is 0 Å². The molecule has 54 heavy (non-hydrogen) atoms. The molecule has 0 aliphatic carbocycles. The predicted molar refractivity (Wildman–Crippen MR) is 234 cm³/mol. The number of unbranched alkanes of at least 4 members (excludes halogenated alkanes) is 30. The van der Waals surface area contributed by atoms with Crippen LogP contribution in [0.3, 0.4) is 0 Å². The number of piperidine rings is 2. The van der Waals surface area contributed by atoms with E-state index >= 15 is 0 Å². The number of quaternary nitrogens is 2. The highest BCUT2D eigenvalue weighted by Gasteiger charge is 2.30. The standard InChI is InChI=1S/C50H98N2.2BrH/c1-3-5-7-9-11-13-15-17-19-21-23-25-27-29-31-35-43-51(45-37-33-38-46-51)49-41-42-50-52(47-39-34-40-48-52)44-36-32-30-28-26-24-22-20-18-16-14-12-10-8-6-4-2;;/h3-40,43-50H2,1-2H3;2*1H/q+2;;/p-2. The van der Waals surface area contributed by atoms with E-state index in [9.17, 15) is 0 Å². The van der Waals surface area contributed by atoms with Crippen LogP contribution in [-0.4, -0.2) is 61.3 Å². The lowest BCUT2D eigenvalue weighted by molar-refractivity contribution is -0.927. The number of likely N-dealkylation sites (tertiary alicyclic amines) is 2. The molecule has 0 unspecified atom stereocenters. The first-order valence-electron chi connectivity index (χ1n) is 24.9. The average molecular weight is 887 g/mol. The molecule has 0 bridgehead atoms. The molecule has 2 rings (SSSR count). The van der Waals surface area contributed by atoms with E-state index in [0.717, 1.165) is 13.1 Å². The Bertz CT molecular complexity index is 743. The van der Waals surface area contributed by atoms with Crippen molar-refractivity contribution in [3.05, 3.63) is 0 Å². The Morgan fingerprint density at radius 2 is 0.481 bits per heavy atom. The van der Waals surface area contributed by atoms with E-state index < -0.39 is 0 Å². The van der Waals surface area contributed by atoms with Gasteiger partial charge in [-0.1, -0.05) is 194 Å². The Morgan fingerprint density at radius 1 is 0.278 bits per heavy atom. The topological polar surface area (TPSA) is 0 Å². The summed E-state index contributed by atoms with van der Waals surface area (Å²) in [5.41, 5.74) is 0. The predicted octanol–water partition coefficient (Wildman–Crippen LogP) is 9.52. The quantitative estimate of drug-likeness (QED) is 0.0335. The summed E-state index contributed by atoms with van der Waals surface area (Å²) in [6, 6.07) is 0. The van der Waals surface area contributed by atoms with Gasteiger partial charge in [0.15, 0.2) is 0 Å². The van der Waals surface area contributed by atoms with Crippen LogP contribution in [0.5, 0.6) is 0 Å². The number of hydrogen-bond donors (Lipinski definition) is 0. The van der Waals surface area contributed by atoms with E-state index in [-0.39, 0.29) is 34.0 Å². The van der Waals surface area contributed by atoms with Gasteiger partial charge in [0.25, 0.3) is 0 Å². The summed E-state index contributed by atoms with van der Waals surface area (Å²) in [5.74, 6) is 7.67. The van der Waals surface area contributed by atoms with Crippen LogP contribution in [0.15, 0.2) is 0 Å². The lowest BCUT2D eigenvalue weighted by atomic mass is 10.0. The fourth-order valence-corrected chi connectivity index (χ4v) is 9.73. The molecule has 0 radical (unpaired) electrons. The molecule has 0 aromatic carbocycles. The fraction of sp³-hybridized carbons (Fsp3) is 0.960. The molecule has 2 aliphatic heterocycles. The Balaban J connectivity index is 0.0000140. The summed E-state index contributed by atoms with van der Waals surface area (Å²) in [5, 5.41) is 0. The maximum atomic E-state index is 3.84. The molecule has 0 amide bonds. The smallest absolute Gasteiger partial charge is 0.141 e. The molecule has 0 saturated carbocycles. The van der Waals surface area contributed by atoms with Gasteiger partial charge in [0.1, 0.15) is 13.1 Å². The largest absolute Gasteiger partial charge is 1.00 e. The molecule has 0 N–H and O–H groups in total. The van der Waals surface area contributed by atoms with Crippen LogP contribution in [0.4, 0.5) is 0 Å². The summed E-state index contributed by atoms with van der Waals surface area (Å²) >= 11 is 0. The Kier molecular flexibility index (Phi) is 40.6. The van der Waals surface area contributed by atoms with E-state index in [1.807, 2.05) is 0 Å². The zero-order chi connectivity index (χ0) is 36.9. The van der Waals surface area contributed by atoms with Gasteiger partial charge >= 0.3 is 0 Å². The molecule has 0 aromatic heterocycles. The SMILES string of the molecule is CCCCCCCCCCCCCCCCCC[N+]1(CC#CC[N+]2(CCCCCCCCCCCCCCCCCC)CCCCC2)CCCCC1.[Br-].[Br-]. The second kappa shape index (κ2) is 40.2. The van der Waals surface area contributed by atoms with Crippen LogP contribution >= 0.6 is 0 Å². The number of rotatable bonds is 36. The minimum Gasteiger partial charge on any atom is -1.00 e. The normalized spacial score (nSPS) is 16.3. The summed E-state index contributed by atoms with van der Waals surface area (Å²) in [4.78, 5) is 0. The molecular weight excluding hydrogens is 788 g/mol. The van der Waals surface area contributed by atoms with Gasteiger partial charge in [-0.15, -0.1) is 0 Å². The molecule has 2 fully saturated rings. The molecule has 0 spiro atoms. The monoisotopic (exact) mass is 885 g/mol. The third-order valence-corrected chi connectivity index (χ3v) is 13.5. The Morgan fingerprint density at radius 3 is 0.704 bits per heavy atom. The maximum absolute atomic E-state index is 3.84. The summed E-state index contributed by atoms with van der Waals surface area (Å²) < 4.78 is 2.65. The molecule has 2 nitrogen and oxygen atoms in total. The molecule has 2 heterocycles.